The first-order valence-corrected chi connectivity index (χ1v) is 8.16. The Bertz CT molecular complexity index is 970. The lowest BCUT2D eigenvalue weighted by Gasteiger charge is -2.06. The van der Waals surface area contributed by atoms with Gasteiger partial charge in [-0.2, -0.15) is 4.98 Å². The molecule has 9 heteroatoms. The van der Waals surface area contributed by atoms with Gasteiger partial charge in [-0.15, -0.1) is 5.10 Å². The number of nitrogens with zero attached hydrogens (tertiary/aromatic N) is 4. The van der Waals surface area contributed by atoms with E-state index in [1.54, 1.807) is 18.2 Å². The van der Waals surface area contributed by atoms with E-state index in [0.29, 0.717) is 11.5 Å². The minimum atomic E-state index is -0.787. The Balaban J connectivity index is 1.65. The highest BCUT2D eigenvalue weighted by Crippen LogP contribution is 2.20. The average Bonchev–Trinajstić information content (AvgIpc) is 2.99. The first kappa shape index (κ1) is 17.0. The van der Waals surface area contributed by atoms with Crippen LogP contribution in [0, 0.1) is 13.8 Å². The number of para-hydroxylation sites is 1. The molecular weight excluding hydrogens is 390 g/mol. The third kappa shape index (κ3) is 3.82. The third-order valence-corrected chi connectivity index (χ3v) is 3.97. The number of aryl methyl sites for hydroxylation is 2. The third-order valence-electron chi connectivity index (χ3n) is 3.28. The van der Waals surface area contributed by atoms with Crippen molar-refractivity contribution in [1.29, 1.82) is 0 Å². The van der Waals surface area contributed by atoms with Crippen molar-refractivity contribution in [3.63, 3.8) is 0 Å². The smallest absolute Gasteiger partial charge is 0.378 e. The molecule has 0 unspecified atom stereocenters. The second-order valence-corrected chi connectivity index (χ2v) is 6.14. The van der Waals surface area contributed by atoms with E-state index in [1.807, 2.05) is 26.0 Å². The molecular formula is C16H14BrN5O3. The number of amides is 1. The fraction of sp³-hybridized carbons (Fsp3) is 0.188. The highest BCUT2D eigenvalue weighted by atomic mass is 79.9. The van der Waals surface area contributed by atoms with Crippen LogP contribution >= 0.6 is 15.9 Å². The summed E-state index contributed by atoms with van der Waals surface area (Å²) < 4.78 is 7.15. The van der Waals surface area contributed by atoms with Crippen LogP contribution in [-0.4, -0.2) is 38.1 Å². The van der Waals surface area contributed by atoms with Gasteiger partial charge in [-0.3, -0.25) is 4.79 Å². The number of hydrogen-bond donors (Lipinski definition) is 1. The summed E-state index contributed by atoms with van der Waals surface area (Å²) in [5, 5.41) is 6.70. The Morgan fingerprint density at radius 1 is 1.24 bits per heavy atom. The molecule has 0 atom stereocenters. The molecule has 0 saturated heterocycles. The maximum atomic E-state index is 12.1. The zero-order chi connectivity index (χ0) is 18.0. The summed E-state index contributed by atoms with van der Waals surface area (Å²) >= 11 is 3.32. The molecule has 8 nitrogen and oxygen atoms in total. The van der Waals surface area contributed by atoms with Crippen molar-refractivity contribution in [3.8, 4) is 0 Å². The van der Waals surface area contributed by atoms with Crippen molar-refractivity contribution in [2.45, 2.75) is 13.8 Å². The Morgan fingerprint density at radius 3 is 2.76 bits per heavy atom. The van der Waals surface area contributed by atoms with E-state index >= 15 is 0 Å². The molecule has 0 radical (unpaired) electrons. The minimum absolute atomic E-state index is 0.144. The number of benzene rings is 1. The molecule has 0 aliphatic rings. The molecule has 0 spiro atoms. The fourth-order valence-corrected chi connectivity index (χ4v) is 2.58. The second-order valence-electron chi connectivity index (χ2n) is 5.29. The maximum Gasteiger partial charge on any atom is 0.378 e. The number of ether oxygens (including phenoxy) is 1. The van der Waals surface area contributed by atoms with Gasteiger partial charge in [-0.05, 0) is 48.0 Å². The topological polar surface area (TPSA) is 98.5 Å². The van der Waals surface area contributed by atoms with Gasteiger partial charge in [0.2, 0.25) is 0 Å². The highest BCUT2D eigenvalue weighted by Gasteiger charge is 2.18. The van der Waals surface area contributed by atoms with Gasteiger partial charge < -0.3 is 10.1 Å². The van der Waals surface area contributed by atoms with Gasteiger partial charge in [0.15, 0.2) is 6.61 Å². The summed E-state index contributed by atoms with van der Waals surface area (Å²) in [5.41, 5.74) is 2.15. The van der Waals surface area contributed by atoms with Gasteiger partial charge in [-0.1, -0.05) is 12.1 Å². The fourth-order valence-electron chi connectivity index (χ4n) is 2.20. The number of halogens is 1. The monoisotopic (exact) mass is 403 g/mol. The summed E-state index contributed by atoms with van der Waals surface area (Å²) in [6.07, 6.45) is 0. The van der Waals surface area contributed by atoms with E-state index in [1.165, 1.54) is 4.52 Å². The lowest BCUT2D eigenvalue weighted by molar-refractivity contribution is -0.119. The number of fused-ring (bicyclic) bond motifs is 1. The molecule has 0 aliphatic carbocycles. The van der Waals surface area contributed by atoms with Gasteiger partial charge in [0.1, 0.15) is 0 Å². The predicted molar refractivity (Wildman–Crippen MR) is 93.3 cm³/mol. The zero-order valence-electron chi connectivity index (χ0n) is 13.5. The van der Waals surface area contributed by atoms with Crippen molar-refractivity contribution in [1.82, 2.24) is 19.6 Å². The Hall–Kier alpha value is -2.81. The second kappa shape index (κ2) is 6.98. The van der Waals surface area contributed by atoms with Crippen LogP contribution < -0.4 is 5.32 Å². The normalized spacial score (nSPS) is 10.7. The van der Waals surface area contributed by atoms with Crippen molar-refractivity contribution < 1.29 is 14.3 Å². The lowest BCUT2D eigenvalue weighted by atomic mass is 10.3. The summed E-state index contributed by atoms with van der Waals surface area (Å²) in [4.78, 5) is 32.2. The van der Waals surface area contributed by atoms with Crippen molar-refractivity contribution in [3.05, 3.63) is 52.0 Å². The van der Waals surface area contributed by atoms with Crippen molar-refractivity contribution in [2.75, 3.05) is 11.9 Å². The van der Waals surface area contributed by atoms with E-state index in [4.69, 9.17) is 4.74 Å². The van der Waals surface area contributed by atoms with Crippen LogP contribution in [0.25, 0.3) is 5.78 Å². The van der Waals surface area contributed by atoms with E-state index in [-0.39, 0.29) is 5.82 Å². The first-order chi connectivity index (χ1) is 11.9. The quantitative estimate of drug-likeness (QED) is 0.671. The Kier molecular flexibility index (Phi) is 4.75. The number of nitrogens with one attached hydrogen (secondary N) is 1. The Morgan fingerprint density at radius 2 is 2.00 bits per heavy atom. The number of aromatic nitrogens is 4. The van der Waals surface area contributed by atoms with Crippen LogP contribution in [0.15, 0.2) is 34.8 Å². The zero-order valence-corrected chi connectivity index (χ0v) is 15.1. The van der Waals surface area contributed by atoms with E-state index in [2.05, 4.69) is 36.3 Å². The Labute approximate surface area is 151 Å². The van der Waals surface area contributed by atoms with Gasteiger partial charge in [0.05, 0.1) is 5.69 Å². The average molecular weight is 404 g/mol. The van der Waals surface area contributed by atoms with E-state index < -0.39 is 18.5 Å². The number of carbonyl (C=O) groups excluding carboxylic acids is 2. The maximum absolute atomic E-state index is 12.1. The van der Waals surface area contributed by atoms with Crippen LogP contribution in [-0.2, 0) is 9.53 Å². The van der Waals surface area contributed by atoms with E-state index in [0.717, 1.165) is 15.9 Å². The largest absolute Gasteiger partial charge is 0.450 e. The SMILES string of the molecule is Cc1cc(C)n2nc(C(=O)OCC(=O)Nc3ccccc3Br)nc2n1. The number of rotatable bonds is 4. The van der Waals surface area contributed by atoms with Gasteiger partial charge >= 0.3 is 5.97 Å². The standard InChI is InChI=1S/C16H14BrN5O3/c1-9-7-10(2)22-16(18-9)20-14(21-22)15(24)25-8-13(23)19-12-6-4-3-5-11(12)17/h3-7H,8H2,1-2H3,(H,19,23). The predicted octanol–water partition coefficient (Wildman–Crippen LogP) is 2.30. The summed E-state index contributed by atoms with van der Waals surface area (Å²) in [6, 6.07) is 8.95. The molecule has 25 heavy (non-hydrogen) atoms. The molecule has 2 aromatic heterocycles. The number of hydrogen-bond acceptors (Lipinski definition) is 6. The molecule has 1 N–H and O–H groups in total. The molecule has 0 saturated carbocycles. The van der Waals surface area contributed by atoms with Gasteiger partial charge in [-0.25, -0.2) is 14.3 Å². The summed E-state index contributed by atoms with van der Waals surface area (Å²) in [5.74, 6) is -1.09. The summed E-state index contributed by atoms with van der Waals surface area (Å²) in [7, 11) is 0. The van der Waals surface area contributed by atoms with Crippen molar-refractivity contribution >= 4 is 39.3 Å². The molecule has 0 bridgehead atoms. The van der Waals surface area contributed by atoms with Gasteiger partial charge in [0, 0.05) is 15.9 Å². The highest BCUT2D eigenvalue weighted by molar-refractivity contribution is 9.10. The molecule has 0 aliphatic heterocycles. The molecule has 128 valence electrons. The number of anilines is 1. The van der Waals surface area contributed by atoms with Crippen LogP contribution in [0.2, 0.25) is 0 Å². The molecule has 1 amide bonds. The first-order valence-electron chi connectivity index (χ1n) is 7.36. The van der Waals surface area contributed by atoms with Crippen LogP contribution in [0.4, 0.5) is 5.69 Å². The van der Waals surface area contributed by atoms with Crippen LogP contribution in [0.1, 0.15) is 22.0 Å². The molecule has 0 fully saturated rings. The molecule has 2 heterocycles. The number of carbonyl (C=O) groups is 2. The molecule has 3 aromatic rings. The molecule has 3 rings (SSSR count). The van der Waals surface area contributed by atoms with Crippen molar-refractivity contribution in [2.24, 2.45) is 0 Å². The molecule has 1 aromatic carbocycles. The van der Waals surface area contributed by atoms with Gasteiger partial charge in [0.25, 0.3) is 17.5 Å². The van der Waals surface area contributed by atoms with Crippen LogP contribution in [0.5, 0.6) is 0 Å². The minimum Gasteiger partial charge on any atom is -0.450 e. The summed E-state index contributed by atoms with van der Waals surface area (Å²) in [6.45, 7) is 3.21. The van der Waals surface area contributed by atoms with E-state index in [9.17, 15) is 9.59 Å². The lowest BCUT2D eigenvalue weighted by Crippen LogP contribution is -2.21. The van der Waals surface area contributed by atoms with Crippen LogP contribution in [0.3, 0.4) is 0 Å². The number of esters is 1.